The first-order valence-electron chi connectivity index (χ1n) is 8.78. The Bertz CT molecular complexity index is 941. The van der Waals surface area contributed by atoms with Crippen LogP contribution in [0.5, 0.6) is 5.75 Å². The SMILES string of the molecule is O=c1cc(CN2CCCCC2)c2cc(O)c(-c3ccccc3)cc2o1. The molecule has 0 bridgehead atoms. The molecular weight excluding hydrogens is 314 g/mol. The molecule has 1 aliphatic heterocycles. The highest BCUT2D eigenvalue weighted by molar-refractivity contribution is 5.88. The maximum absolute atomic E-state index is 12.0. The molecular formula is C21H21NO3. The molecule has 0 radical (unpaired) electrons. The van der Waals surface area contributed by atoms with E-state index in [1.54, 1.807) is 18.2 Å². The van der Waals surface area contributed by atoms with Crippen molar-refractivity contribution in [2.75, 3.05) is 13.1 Å². The summed E-state index contributed by atoms with van der Waals surface area (Å²) < 4.78 is 5.42. The summed E-state index contributed by atoms with van der Waals surface area (Å²) in [4.78, 5) is 14.4. The summed E-state index contributed by atoms with van der Waals surface area (Å²) >= 11 is 0. The van der Waals surface area contributed by atoms with E-state index in [4.69, 9.17) is 4.42 Å². The van der Waals surface area contributed by atoms with Crippen molar-refractivity contribution in [2.24, 2.45) is 0 Å². The molecule has 2 aromatic carbocycles. The van der Waals surface area contributed by atoms with Gasteiger partial charge in [-0.15, -0.1) is 0 Å². The van der Waals surface area contributed by atoms with E-state index in [9.17, 15) is 9.90 Å². The summed E-state index contributed by atoms with van der Waals surface area (Å²) in [7, 11) is 0. The number of phenolic OH excluding ortho intramolecular Hbond substituents is 1. The molecule has 1 N–H and O–H groups in total. The van der Waals surface area contributed by atoms with Crippen LogP contribution >= 0.6 is 0 Å². The highest BCUT2D eigenvalue weighted by Gasteiger charge is 2.16. The fourth-order valence-electron chi connectivity index (χ4n) is 3.60. The molecule has 3 aromatic rings. The smallest absolute Gasteiger partial charge is 0.336 e. The van der Waals surface area contributed by atoms with Crippen LogP contribution in [0, 0.1) is 0 Å². The Labute approximate surface area is 146 Å². The quantitative estimate of drug-likeness (QED) is 0.731. The molecule has 2 heterocycles. The highest BCUT2D eigenvalue weighted by Crippen LogP contribution is 2.34. The standard InChI is InChI=1S/C21H21NO3/c23-19-12-18-16(14-22-9-5-2-6-10-22)11-21(24)25-20(18)13-17(19)15-7-3-1-4-8-15/h1,3-4,7-8,11-13,23H,2,5-6,9-10,14H2. The number of hydrogen-bond donors (Lipinski definition) is 1. The van der Waals surface area contributed by atoms with Crippen LogP contribution in [-0.2, 0) is 6.54 Å². The Hall–Kier alpha value is -2.59. The van der Waals surface area contributed by atoms with Gasteiger partial charge in [-0.1, -0.05) is 36.8 Å². The Kier molecular flexibility index (Phi) is 4.28. The van der Waals surface area contributed by atoms with Crippen molar-refractivity contribution in [3.63, 3.8) is 0 Å². The largest absolute Gasteiger partial charge is 0.507 e. The van der Waals surface area contributed by atoms with Crippen molar-refractivity contribution in [3.8, 4) is 16.9 Å². The lowest BCUT2D eigenvalue weighted by Crippen LogP contribution is -2.29. The monoisotopic (exact) mass is 335 g/mol. The van der Waals surface area contributed by atoms with Crippen molar-refractivity contribution in [3.05, 3.63) is 64.5 Å². The average molecular weight is 335 g/mol. The second kappa shape index (κ2) is 6.73. The second-order valence-corrected chi connectivity index (χ2v) is 6.66. The van der Waals surface area contributed by atoms with Crippen LogP contribution in [0.15, 0.2) is 57.7 Å². The number of nitrogens with zero attached hydrogens (tertiary/aromatic N) is 1. The van der Waals surface area contributed by atoms with Gasteiger partial charge in [-0.2, -0.15) is 0 Å². The van der Waals surface area contributed by atoms with E-state index in [0.717, 1.165) is 29.6 Å². The molecule has 1 saturated heterocycles. The number of fused-ring (bicyclic) bond motifs is 1. The molecule has 1 fully saturated rings. The number of benzene rings is 2. The van der Waals surface area contributed by atoms with Crippen LogP contribution in [0.1, 0.15) is 24.8 Å². The lowest BCUT2D eigenvalue weighted by molar-refractivity contribution is 0.221. The van der Waals surface area contributed by atoms with Gasteiger partial charge in [0.2, 0.25) is 0 Å². The third-order valence-electron chi connectivity index (χ3n) is 4.87. The van der Waals surface area contributed by atoms with Gasteiger partial charge in [0.05, 0.1) is 0 Å². The van der Waals surface area contributed by atoms with Gasteiger partial charge in [-0.05, 0) is 49.2 Å². The Balaban J connectivity index is 1.80. The van der Waals surface area contributed by atoms with E-state index in [1.165, 1.54) is 19.3 Å². The van der Waals surface area contributed by atoms with Gasteiger partial charge in [0.1, 0.15) is 11.3 Å². The van der Waals surface area contributed by atoms with Gasteiger partial charge in [0.15, 0.2) is 0 Å². The summed E-state index contributed by atoms with van der Waals surface area (Å²) in [6.45, 7) is 2.82. The van der Waals surface area contributed by atoms with E-state index >= 15 is 0 Å². The van der Waals surface area contributed by atoms with Gasteiger partial charge in [0, 0.05) is 23.6 Å². The average Bonchev–Trinajstić information content (AvgIpc) is 2.63. The number of rotatable bonds is 3. The molecule has 0 saturated carbocycles. The van der Waals surface area contributed by atoms with Gasteiger partial charge in [-0.25, -0.2) is 4.79 Å². The maximum atomic E-state index is 12.0. The van der Waals surface area contributed by atoms with E-state index in [0.29, 0.717) is 17.7 Å². The number of aromatic hydroxyl groups is 1. The summed E-state index contributed by atoms with van der Waals surface area (Å²) in [5.41, 5.74) is 2.67. The minimum atomic E-state index is -0.343. The number of likely N-dealkylation sites (tertiary alicyclic amines) is 1. The summed E-state index contributed by atoms with van der Waals surface area (Å²) in [6, 6.07) is 14.7. The molecule has 0 amide bonds. The highest BCUT2D eigenvalue weighted by atomic mass is 16.4. The van der Waals surface area contributed by atoms with E-state index in [-0.39, 0.29) is 11.4 Å². The molecule has 25 heavy (non-hydrogen) atoms. The first-order chi connectivity index (χ1) is 12.2. The molecule has 128 valence electrons. The Morgan fingerprint density at radius 2 is 1.76 bits per heavy atom. The predicted octanol–water partition coefficient (Wildman–Crippen LogP) is 4.15. The van der Waals surface area contributed by atoms with Crippen LogP contribution in [0.25, 0.3) is 22.1 Å². The first kappa shape index (κ1) is 15.9. The normalized spacial score (nSPS) is 15.5. The van der Waals surface area contributed by atoms with Crippen molar-refractivity contribution in [1.29, 1.82) is 0 Å². The lowest BCUT2D eigenvalue weighted by atomic mass is 10.0. The molecule has 0 spiro atoms. The second-order valence-electron chi connectivity index (χ2n) is 6.66. The van der Waals surface area contributed by atoms with Crippen LogP contribution in [0.3, 0.4) is 0 Å². The summed E-state index contributed by atoms with van der Waals surface area (Å²) in [5.74, 6) is 0.201. The van der Waals surface area contributed by atoms with Gasteiger partial charge in [0.25, 0.3) is 0 Å². The van der Waals surface area contributed by atoms with Crippen molar-refractivity contribution in [1.82, 2.24) is 4.90 Å². The van der Waals surface area contributed by atoms with Crippen LogP contribution in [-0.4, -0.2) is 23.1 Å². The molecule has 0 atom stereocenters. The zero-order valence-corrected chi connectivity index (χ0v) is 14.1. The van der Waals surface area contributed by atoms with Crippen LogP contribution in [0.2, 0.25) is 0 Å². The van der Waals surface area contributed by atoms with Crippen LogP contribution < -0.4 is 5.63 Å². The van der Waals surface area contributed by atoms with Gasteiger partial charge >= 0.3 is 5.63 Å². The summed E-state index contributed by atoms with van der Waals surface area (Å²) in [5, 5.41) is 11.3. The molecule has 0 aliphatic carbocycles. The zero-order chi connectivity index (χ0) is 17.2. The molecule has 4 heteroatoms. The molecule has 4 rings (SSSR count). The van der Waals surface area contributed by atoms with E-state index in [1.807, 2.05) is 30.3 Å². The molecule has 0 unspecified atom stereocenters. The van der Waals surface area contributed by atoms with Crippen molar-refractivity contribution < 1.29 is 9.52 Å². The zero-order valence-electron chi connectivity index (χ0n) is 14.1. The minimum Gasteiger partial charge on any atom is -0.507 e. The van der Waals surface area contributed by atoms with Crippen molar-refractivity contribution in [2.45, 2.75) is 25.8 Å². The summed E-state index contributed by atoms with van der Waals surface area (Å²) in [6.07, 6.45) is 3.67. The Morgan fingerprint density at radius 1 is 1.00 bits per heavy atom. The molecule has 1 aromatic heterocycles. The third-order valence-corrected chi connectivity index (χ3v) is 4.87. The Morgan fingerprint density at radius 3 is 2.52 bits per heavy atom. The number of piperidine rings is 1. The minimum absolute atomic E-state index is 0.201. The third kappa shape index (κ3) is 3.30. The molecule has 4 nitrogen and oxygen atoms in total. The molecule has 1 aliphatic rings. The predicted molar refractivity (Wildman–Crippen MR) is 98.7 cm³/mol. The fourth-order valence-corrected chi connectivity index (χ4v) is 3.60. The number of phenols is 1. The van der Waals surface area contributed by atoms with Gasteiger partial charge < -0.3 is 9.52 Å². The number of hydrogen-bond acceptors (Lipinski definition) is 4. The van der Waals surface area contributed by atoms with Gasteiger partial charge in [-0.3, -0.25) is 4.90 Å². The van der Waals surface area contributed by atoms with E-state index < -0.39 is 0 Å². The first-order valence-corrected chi connectivity index (χ1v) is 8.78. The maximum Gasteiger partial charge on any atom is 0.336 e. The topological polar surface area (TPSA) is 53.7 Å². The fraction of sp³-hybridized carbons (Fsp3) is 0.286. The lowest BCUT2D eigenvalue weighted by Gasteiger charge is -2.26. The van der Waals surface area contributed by atoms with Crippen molar-refractivity contribution >= 4 is 11.0 Å². The van der Waals surface area contributed by atoms with Crippen LogP contribution in [0.4, 0.5) is 0 Å². The van der Waals surface area contributed by atoms with E-state index in [2.05, 4.69) is 4.90 Å².